The van der Waals surface area contributed by atoms with Gasteiger partial charge in [-0.05, 0) is 29.8 Å². The average Bonchev–Trinajstić information content (AvgIpc) is 3.15. The topological polar surface area (TPSA) is 117 Å². The van der Waals surface area contributed by atoms with Gasteiger partial charge in [-0.25, -0.2) is 4.79 Å². The molecule has 0 aliphatic carbocycles. The third-order valence-electron chi connectivity index (χ3n) is 4.02. The summed E-state index contributed by atoms with van der Waals surface area (Å²) in [5, 5.41) is 17.8. The minimum absolute atomic E-state index is 0.0701. The van der Waals surface area contributed by atoms with Crippen molar-refractivity contribution in [3.05, 3.63) is 69.8 Å². The molecule has 0 aliphatic heterocycles. The van der Waals surface area contributed by atoms with Crippen molar-refractivity contribution in [1.82, 2.24) is 5.16 Å². The molecule has 0 saturated heterocycles. The number of non-ortho nitro benzene ring substituents is 1. The first-order valence-electron chi connectivity index (χ1n) is 8.23. The highest BCUT2D eigenvalue weighted by atomic mass is 16.6. The summed E-state index contributed by atoms with van der Waals surface area (Å²) >= 11 is 0. The molecule has 0 fully saturated rings. The molecule has 2 aromatic carbocycles. The molecule has 0 amide bonds. The Morgan fingerprint density at radius 1 is 1.21 bits per heavy atom. The number of rotatable bonds is 7. The largest absolute Gasteiger partial charge is 0.497 e. The number of nitrogens with zero attached hydrogens (tertiary/aromatic N) is 2. The summed E-state index contributed by atoms with van der Waals surface area (Å²) in [5.41, 5.74) is 1.42. The zero-order chi connectivity index (χ0) is 20.1. The molecule has 0 saturated carbocycles. The maximum atomic E-state index is 12.3. The van der Waals surface area contributed by atoms with E-state index in [1.807, 2.05) is 24.3 Å². The molecule has 0 aliphatic rings. The number of benzene rings is 2. The molecule has 9 nitrogen and oxygen atoms in total. The van der Waals surface area contributed by atoms with Crippen molar-refractivity contribution in [3.63, 3.8) is 0 Å². The first kappa shape index (κ1) is 18.9. The zero-order valence-corrected chi connectivity index (χ0v) is 15.2. The lowest BCUT2D eigenvalue weighted by atomic mass is 10.1. The summed E-state index contributed by atoms with van der Waals surface area (Å²) < 4.78 is 15.4. The van der Waals surface area contributed by atoms with Gasteiger partial charge in [0.05, 0.1) is 19.1 Å². The van der Waals surface area contributed by atoms with E-state index < -0.39 is 10.9 Å². The minimum Gasteiger partial charge on any atom is -0.497 e. The van der Waals surface area contributed by atoms with Gasteiger partial charge in [-0.3, -0.25) is 10.1 Å². The smallest absolute Gasteiger partial charge is 0.345 e. The summed E-state index contributed by atoms with van der Waals surface area (Å²) in [7, 11) is 2.83. The van der Waals surface area contributed by atoms with Gasteiger partial charge in [-0.1, -0.05) is 17.3 Å². The SMILES string of the molecule is COC(=O)c1c(NCc2cccc(OC)c2)noc1-c1ccc([N+](=O)[O-])cc1. The standard InChI is InChI=1S/C19H17N3O6/c1-26-15-5-3-4-12(10-15)11-20-18-16(19(23)27-2)17(28-21-18)13-6-8-14(9-7-13)22(24)25/h3-10H,11H2,1-2H3,(H,20,21). The summed E-state index contributed by atoms with van der Waals surface area (Å²) in [6.07, 6.45) is 0. The minimum atomic E-state index is -0.636. The van der Waals surface area contributed by atoms with Crippen LogP contribution in [0.5, 0.6) is 5.75 Å². The molecule has 3 rings (SSSR count). The van der Waals surface area contributed by atoms with Gasteiger partial charge >= 0.3 is 5.97 Å². The van der Waals surface area contributed by atoms with Crippen molar-refractivity contribution in [2.24, 2.45) is 0 Å². The second kappa shape index (κ2) is 8.21. The van der Waals surface area contributed by atoms with Gasteiger partial charge in [0, 0.05) is 24.2 Å². The van der Waals surface area contributed by atoms with Crippen LogP contribution in [-0.2, 0) is 11.3 Å². The van der Waals surface area contributed by atoms with E-state index in [2.05, 4.69) is 10.5 Å². The summed E-state index contributed by atoms with van der Waals surface area (Å²) in [4.78, 5) is 22.6. The number of methoxy groups -OCH3 is 2. The average molecular weight is 383 g/mol. The molecular weight excluding hydrogens is 366 g/mol. The maximum absolute atomic E-state index is 12.3. The van der Waals surface area contributed by atoms with Gasteiger partial charge in [0.2, 0.25) is 0 Å². The van der Waals surface area contributed by atoms with E-state index in [9.17, 15) is 14.9 Å². The van der Waals surface area contributed by atoms with E-state index in [4.69, 9.17) is 14.0 Å². The Hall–Kier alpha value is -3.88. The van der Waals surface area contributed by atoms with Crippen molar-refractivity contribution < 1.29 is 23.7 Å². The fourth-order valence-electron chi connectivity index (χ4n) is 2.60. The highest BCUT2D eigenvalue weighted by Gasteiger charge is 2.25. The first-order valence-corrected chi connectivity index (χ1v) is 8.23. The van der Waals surface area contributed by atoms with E-state index in [1.54, 1.807) is 7.11 Å². The lowest BCUT2D eigenvalue weighted by Crippen LogP contribution is -2.08. The van der Waals surface area contributed by atoms with Crippen molar-refractivity contribution in [2.45, 2.75) is 6.54 Å². The van der Waals surface area contributed by atoms with Crippen LogP contribution < -0.4 is 10.1 Å². The molecule has 1 heterocycles. The van der Waals surface area contributed by atoms with Gasteiger partial charge < -0.3 is 19.3 Å². The second-order valence-electron chi connectivity index (χ2n) is 5.74. The van der Waals surface area contributed by atoms with Crippen LogP contribution in [0.3, 0.4) is 0 Å². The Bertz CT molecular complexity index is 997. The molecule has 1 aromatic heterocycles. The lowest BCUT2D eigenvalue weighted by molar-refractivity contribution is -0.384. The van der Waals surface area contributed by atoms with Crippen LogP contribution >= 0.6 is 0 Å². The second-order valence-corrected chi connectivity index (χ2v) is 5.74. The third kappa shape index (κ3) is 3.93. The van der Waals surface area contributed by atoms with E-state index in [0.717, 1.165) is 5.56 Å². The highest BCUT2D eigenvalue weighted by molar-refractivity contribution is 6.00. The Morgan fingerprint density at radius 2 is 1.96 bits per heavy atom. The molecule has 144 valence electrons. The van der Waals surface area contributed by atoms with Crippen molar-refractivity contribution in [2.75, 3.05) is 19.5 Å². The number of nitrogens with one attached hydrogen (secondary N) is 1. The van der Waals surface area contributed by atoms with Crippen molar-refractivity contribution >= 4 is 17.5 Å². The van der Waals surface area contributed by atoms with Crippen LogP contribution in [-0.4, -0.2) is 30.3 Å². The zero-order valence-electron chi connectivity index (χ0n) is 15.2. The summed E-state index contributed by atoms with van der Waals surface area (Å²) in [6.45, 7) is 0.368. The number of ether oxygens (including phenoxy) is 2. The Morgan fingerprint density at radius 3 is 2.61 bits per heavy atom. The molecule has 28 heavy (non-hydrogen) atoms. The van der Waals surface area contributed by atoms with Crippen LogP contribution in [0, 0.1) is 10.1 Å². The molecule has 0 unspecified atom stereocenters. The number of nitro benzene ring substituents is 1. The fraction of sp³-hybridized carbons (Fsp3) is 0.158. The van der Waals surface area contributed by atoms with Gasteiger partial charge in [0.25, 0.3) is 5.69 Å². The molecule has 0 spiro atoms. The predicted molar refractivity (Wildman–Crippen MR) is 100 cm³/mol. The Kier molecular flexibility index (Phi) is 5.54. The molecule has 1 N–H and O–H groups in total. The molecule has 0 radical (unpaired) electrons. The highest BCUT2D eigenvalue weighted by Crippen LogP contribution is 2.31. The van der Waals surface area contributed by atoms with Gasteiger partial charge in [0.15, 0.2) is 17.1 Å². The number of esters is 1. The summed E-state index contributed by atoms with van der Waals surface area (Å²) in [6, 6.07) is 13.0. The number of nitro groups is 1. The monoisotopic (exact) mass is 383 g/mol. The number of carbonyl (C=O) groups is 1. The van der Waals surface area contributed by atoms with E-state index in [0.29, 0.717) is 17.9 Å². The number of hydrogen-bond acceptors (Lipinski definition) is 8. The van der Waals surface area contributed by atoms with Crippen LogP contribution in [0.4, 0.5) is 11.5 Å². The predicted octanol–water partition coefficient (Wildman–Crippen LogP) is 3.66. The van der Waals surface area contributed by atoms with Crippen molar-refractivity contribution in [1.29, 1.82) is 0 Å². The van der Waals surface area contributed by atoms with E-state index in [1.165, 1.54) is 31.4 Å². The Labute approximate surface area is 160 Å². The van der Waals surface area contributed by atoms with Crippen LogP contribution in [0.25, 0.3) is 11.3 Å². The van der Waals surface area contributed by atoms with Gasteiger partial charge in [-0.15, -0.1) is 0 Å². The molecule has 9 heteroatoms. The van der Waals surface area contributed by atoms with Crippen LogP contribution in [0.2, 0.25) is 0 Å². The number of hydrogen-bond donors (Lipinski definition) is 1. The molecule has 0 bridgehead atoms. The number of carbonyl (C=O) groups excluding carboxylic acids is 1. The lowest BCUT2D eigenvalue weighted by Gasteiger charge is -2.07. The molecule has 3 aromatic rings. The normalized spacial score (nSPS) is 10.4. The van der Waals surface area contributed by atoms with Crippen molar-refractivity contribution in [3.8, 4) is 17.1 Å². The van der Waals surface area contributed by atoms with Gasteiger partial charge in [0.1, 0.15) is 5.75 Å². The van der Waals surface area contributed by atoms with Crippen LogP contribution in [0.15, 0.2) is 53.1 Å². The number of anilines is 1. The van der Waals surface area contributed by atoms with Crippen LogP contribution in [0.1, 0.15) is 15.9 Å². The quantitative estimate of drug-likeness (QED) is 0.373. The maximum Gasteiger partial charge on any atom is 0.345 e. The van der Waals surface area contributed by atoms with Gasteiger partial charge in [-0.2, -0.15) is 0 Å². The Balaban J connectivity index is 1.89. The first-order chi connectivity index (χ1) is 13.5. The van der Waals surface area contributed by atoms with E-state index in [-0.39, 0.29) is 22.8 Å². The third-order valence-corrected chi connectivity index (χ3v) is 4.02. The van der Waals surface area contributed by atoms with E-state index >= 15 is 0 Å². The molecular formula is C19H17N3O6. The molecule has 0 atom stereocenters. The summed E-state index contributed by atoms with van der Waals surface area (Å²) in [5.74, 6) is 0.444. The fourth-order valence-corrected chi connectivity index (χ4v) is 2.60. The number of aromatic nitrogens is 1.